The Kier molecular flexibility index (Phi) is 7.03. The Balaban J connectivity index is 1.39. The second-order valence-corrected chi connectivity index (χ2v) is 10.1. The first-order valence-electron chi connectivity index (χ1n) is 11.7. The summed E-state index contributed by atoms with van der Waals surface area (Å²) in [6, 6.07) is 6.66. The van der Waals surface area contributed by atoms with E-state index in [4.69, 9.17) is 0 Å². The molecule has 1 aromatic carbocycles. The Morgan fingerprint density at radius 1 is 1.23 bits per heavy atom. The number of Topliss-reactive ketones (excluding diaryl/α,β-unsaturated/α-hetero) is 1. The van der Waals surface area contributed by atoms with Crippen LogP contribution in [0.4, 0.5) is 5.13 Å². The number of rotatable bonds is 8. The van der Waals surface area contributed by atoms with Crippen molar-refractivity contribution < 1.29 is 14.4 Å². The van der Waals surface area contributed by atoms with Gasteiger partial charge in [0.05, 0.1) is 11.3 Å². The van der Waals surface area contributed by atoms with Gasteiger partial charge in [-0.15, -0.1) is 11.3 Å². The van der Waals surface area contributed by atoms with Crippen molar-refractivity contribution in [1.82, 2.24) is 14.9 Å². The molecule has 4 rings (SSSR count). The van der Waals surface area contributed by atoms with E-state index in [0.717, 1.165) is 24.0 Å². The van der Waals surface area contributed by atoms with Gasteiger partial charge in [-0.05, 0) is 64.7 Å². The van der Waals surface area contributed by atoms with Gasteiger partial charge in [0.15, 0.2) is 10.9 Å². The van der Waals surface area contributed by atoms with Crippen LogP contribution in [0.1, 0.15) is 73.2 Å². The van der Waals surface area contributed by atoms with Crippen molar-refractivity contribution in [2.45, 2.75) is 58.5 Å². The summed E-state index contributed by atoms with van der Waals surface area (Å²) >= 11 is 1.29. The van der Waals surface area contributed by atoms with Gasteiger partial charge in [0, 0.05) is 34.4 Å². The number of benzene rings is 1. The number of anilines is 1. The molecule has 0 bridgehead atoms. The summed E-state index contributed by atoms with van der Waals surface area (Å²) in [7, 11) is 0. The molecule has 0 aliphatic heterocycles. The molecule has 1 aliphatic rings. The average Bonchev–Trinajstić information content (AvgIpc) is 3.48. The van der Waals surface area contributed by atoms with Crippen LogP contribution in [0.5, 0.6) is 0 Å². The van der Waals surface area contributed by atoms with Crippen LogP contribution >= 0.6 is 11.3 Å². The van der Waals surface area contributed by atoms with E-state index in [2.05, 4.69) is 27.1 Å². The molecular formula is C27H30N4O3S. The molecule has 35 heavy (non-hydrogen) atoms. The third-order valence-electron chi connectivity index (χ3n) is 6.56. The zero-order valence-electron chi connectivity index (χ0n) is 20.4. The summed E-state index contributed by atoms with van der Waals surface area (Å²) in [5, 5.41) is 7.80. The van der Waals surface area contributed by atoms with E-state index >= 15 is 0 Å². The number of hydrogen-bond acceptors (Lipinski definition) is 5. The van der Waals surface area contributed by atoms with E-state index in [9.17, 15) is 14.4 Å². The highest BCUT2D eigenvalue weighted by molar-refractivity contribution is 7.14. The summed E-state index contributed by atoms with van der Waals surface area (Å²) in [5.74, 6) is -0.657. The van der Waals surface area contributed by atoms with Crippen LogP contribution in [0, 0.1) is 0 Å². The summed E-state index contributed by atoms with van der Waals surface area (Å²) in [6.45, 7) is 7.28. The Morgan fingerprint density at radius 2 is 2.00 bits per heavy atom. The third kappa shape index (κ3) is 5.27. The molecule has 7 nitrogen and oxygen atoms in total. The first-order chi connectivity index (χ1) is 16.7. The standard InChI is InChI=1S/C27H30N4O3S/c1-5-7-19-8-9-20(14-22(19)18(3)32)23-16-35-26(29-23)30-24(33)17(2)28-25(34)21-10-13-31(15-21)27(4)11-6-12-27/h5,7-10,13-17H,6,11-12H2,1-4H3,(H,28,34)(H,29,30,33)/b7-5-. The first-order valence-corrected chi connectivity index (χ1v) is 12.6. The van der Waals surface area contributed by atoms with Crippen LogP contribution in [0.25, 0.3) is 17.3 Å². The van der Waals surface area contributed by atoms with Gasteiger partial charge in [0.25, 0.3) is 5.91 Å². The van der Waals surface area contributed by atoms with E-state index < -0.39 is 6.04 Å². The van der Waals surface area contributed by atoms with Gasteiger partial charge in [-0.2, -0.15) is 0 Å². The lowest BCUT2D eigenvalue weighted by Crippen LogP contribution is -2.41. The van der Waals surface area contributed by atoms with Gasteiger partial charge >= 0.3 is 0 Å². The van der Waals surface area contributed by atoms with Crippen LogP contribution in [0.3, 0.4) is 0 Å². The average molecular weight is 491 g/mol. The normalized spacial score (nSPS) is 15.4. The number of nitrogens with one attached hydrogen (secondary N) is 2. The Hall–Kier alpha value is -3.52. The Morgan fingerprint density at radius 3 is 2.66 bits per heavy atom. The van der Waals surface area contributed by atoms with Crippen molar-refractivity contribution in [3.8, 4) is 11.3 Å². The quantitative estimate of drug-likeness (QED) is 0.408. The van der Waals surface area contributed by atoms with Gasteiger partial charge < -0.3 is 15.2 Å². The number of carbonyl (C=O) groups is 3. The summed E-state index contributed by atoms with van der Waals surface area (Å²) in [6.07, 6.45) is 11.0. The smallest absolute Gasteiger partial charge is 0.253 e. The second kappa shape index (κ2) is 10.00. The zero-order chi connectivity index (χ0) is 25.2. The number of ketones is 1. The van der Waals surface area contributed by atoms with Crippen molar-refractivity contribution in [2.75, 3.05) is 5.32 Å². The lowest BCUT2D eigenvalue weighted by molar-refractivity contribution is -0.117. The summed E-state index contributed by atoms with van der Waals surface area (Å²) in [5.41, 5.74) is 3.57. The van der Waals surface area contributed by atoms with Crippen molar-refractivity contribution in [3.63, 3.8) is 0 Å². The van der Waals surface area contributed by atoms with Crippen LogP contribution in [0.2, 0.25) is 0 Å². The molecule has 2 heterocycles. The Labute approximate surface area is 209 Å². The molecule has 0 spiro atoms. The van der Waals surface area contributed by atoms with Gasteiger partial charge in [-0.1, -0.05) is 24.3 Å². The van der Waals surface area contributed by atoms with E-state index in [1.54, 1.807) is 13.0 Å². The van der Waals surface area contributed by atoms with Crippen molar-refractivity contribution >= 4 is 40.1 Å². The molecule has 2 N–H and O–H groups in total. The van der Waals surface area contributed by atoms with E-state index in [1.807, 2.05) is 55.0 Å². The molecular weight excluding hydrogens is 460 g/mol. The highest BCUT2D eigenvalue weighted by Crippen LogP contribution is 2.38. The third-order valence-corrected chi connectivity index (χ3v) is 7.32. The predicted molar refractivity (Wildman–Crippen MR) is 140 cm³/mol. The minimum absolute atomic E-state index is 0.0228. The molecule has 8 heteroatoms. The van der Waals surface area contributed by atoms with Gasteiger partial charge in [0.2, 0.25) is 5.91 Å². The SMILES string of the molecule is C/C=C\c1ccc(-c2csc(NC(=O)C(C)NC(=O)c3ccn(C4(C)CCC4)c3)n2)cc1C(C)=O. The summed E-state index contributed by atoms with van der Waals surface area (Å²) in [4.78, 5) is 41.9. The minimum Gasteiger partial charge on any atom is -0.348 e. The van der Waals surface area contributed by atoms with Crippen LogP contribution in [-0.4, -0.2) is 33.2 Å². The first kappa shape index (κ1) is 24.6. The molecule has 1 aliphatic carbocycles. The van der Waals surface area contributed by atoms with Gasteiger partial charge in [0.1, 0.15) is 6.04 Å². The zero-order valence-corrected chi connectivity index (χ0v) is 21.2. The topological polar surface area (TPSA) is 93.1 Å². The minimum atomic E-state index is -0.734. The van der Waals surface area contributed by atoms with E-state index in [-0.39, 0.29) is 23.1 Å². The Bertz CT molecular complexity index is 1300. The van der Waals surface area contributed by atoms with Crippen LogP contribution < -0.4 is 10.6 Å². The van der Waals surface area contributed by atoms with Gasteiger partial charge in [-0.3, -0.25) is 14.4 Å². The predicted octanol–water partition coefficient (Wildman–Crippen LogP) is 5.50. The molecule has 2 amide bonds. The lowest BCUT2D eigenvalue weighted by atomic mass is 9.78. The molecule has 1 saturated carbocycles. The second-order valence-electron chi connectivity index (χ2n) is 9.24. The van der Waals surface area contributed by atoms with Crippen molar-refractivity contribution in [1.29, 1.82) is 0 Å². The molecule has 1 atom stereocenters. The fourth-order valence-corrected chi connectivity index (χ4v) is 4.90. The number of thiazole rings is 1. The van der Waals surface area contributed by atoms with Crippen LogP contribution in [0.15, 0.2) is 48.1 Å². The largest absolute Gasteiger partial charge is 0.348 e. The maximum Gasteiger partial charge on any atom is 0.253 e. The van der Waals surface area contributed by atoms with E-state index in [0.29, 0.717) is 22.0 Å². The number of carbonyl (C=O) groups excluding carboxylic acids is 3. The number of allylic oxidation sites excluding steroid dienone is 1. The molecule has 1 unspecified atom stereocenters. The number of nitrogens with zero attached hydrogens (tertiary/aromatic N) is 2. The highest BCUT2D eigenvalue weighted by Gasteiger charge is 2.33. The fourth-order valence-electron chi connectivity index (χ4n) is 4.18. The summed E-state index contributed by atoms with van der Waals surface area (Å²) < 4.78 is 2.09. The highest BCUT2D eigenvalue weighted by atomic mass is 32.1. The molecule has 0 radical (unpaired) electrons. The monoisotopic (exact) mass is 490 g/mol. The maximum absolute atomic E-state index is 12.7. The van der Waals surface area contributed by atoms with Gasteiger partial charge in [-0.25, -0.2) is 4.98 Å². The van der Waals surface area contributed by atoms with Crippen LogP contribution in [-0.2, 0) is 10.3 Å². The number of amides is 2. The maximum atomic E-state index is 12.7. The molecule has 2 aromatic heterocycles. The molecule has 0 saturated heterocycles. The van der Waals surface area contributed by atoms with E-state index in [1.165, 1.54) is 24.7 Å². The number of hydrogen-bond donors (Lipinski definition) is 2. The molecule has 1 fully saturated rings. The lowest BCUT2D eigenvalue weighted by Gasteiger charge is -2.40. The number of aromatic nitrogens is 2. The van der Waals surface area contributed by atoms with Crippen molar-refractivity contribution in [2.24, 2.45) is 0 Å². The molecule has 182 valence electrons. The van der Waals surface area contributed by atoms with Crippen molar-refractivity contribution in [3.05, 3.63) is 64.8 Å². The molecule has 3 aromatic rings. The fraction of sp³-hybridized carbons (Fsp3) is 0.333.